The number of benzene rings is 1. The highest BCUT2D eigenvalue weighted by atomic mass is 16.4. The summed E-state index contributed by atoms with van der Waals surface area (Å²) >= 11 is 0. The van der Waals surface area contributed by atoms with E-state index < -0.39 is 5.97 Å². The fourth-order valence-corrected chi connectivity index (χ4v) is 2.11. The third-order valence-corrected chi connectivity index (χ3v) is 3.25. The molecule has 1 aromatic carbocycles. The molecule has 0 radical (unpaired) electrons. The number of hydrogen-bond acceptors (Lipinski definition) is 3. The molecule has 1 N–H and O–H groups in total. The maximum Gasteiger partial charge on any atom is 0.305 e. The normalized spacial score (nSPS) is 10.4. The number of rotatable bonds is 7. The molecule has 2 rings (SSSR count). The number of para-hydroxylation sites is 1. The molecule has 106 valence electrons. The van der Waals surface area contributed by atoms with Gasteiger partial charge >= 0.3 is 5.97 Å². The maximum atomic E-state index is 10.8. The number of anilines is 1. The summed E-state index contributed by atoms with van der Waals surface area (Å²) in [6, 6.07) is 9.89. The number of aromatic nitrogens is 2. The molecule has 5 heteroatoms. The van der Waals surface area contributed by atoms with Gasteiger partial charge in [0.1, 0.15) is 5.82 Å². The van der Waals surface area contributed by atoms with E-state index in [1.165, 1.54) is 0 Å². The Morgan fingerprint density at radius 3 is 2.65 bits per heavy atom. The predicted molar refractivity (Wildman–Crippen MR) is 77.9 cm³/mol. The van der Waals surface area contributed by atoms with Gasteiger partial charge in [-0.1, -0.05) is 18.2 Å². The highest BCUT2D eigenvalue weighted by molar-refractivity contribution is 5.67. The minimum Gasteiger partial charge on any atom is -0.481 e. The molecule has 1 aromatic heterocycles. The van der Waals surface area contributed by atoms with Gasteiger partial charge < -0.3 is 14.6 Å². The quantitative estimate of drug-likeness (QED) is 0.840. The predicted octanol–water partition coefficient (Wildman–Crippen LogP) is 2.17. The first kappa shape index (κ1) is 14.1. The van der Waals surface area contributed by atoms with Crippen LogP contribution in [0.3, 0.4) is 0 Å². The Labute approximate surface area is 118 Å². The van der Waals surface area contributed by atoms with Crippen molar-refractivity contribution in [1.29, 1.82) is 0 Å². The fourth-order valence-electron chi connectivity index (χ4n) is 2.11. The number of aryl methyl sites for hydroxylation is 1. The van der Waals surface area contributed by atoms with Crippen molar-refractivity contribution in [3.63, 3.8) is 0 Å². The Bertz CT molecular complexity index is 551. The minimum absolute atomic E-state index is 0.137. The highest BCUT2D eigenvalue weighted by Crippen LogP contribution is 2.14. The molecule has 0 aliphatic heterocycles. The lowest BCUT2D eigenvalue weighted by molar-refractivity contribution is -0.136. The summed E-state index contributed by atoms with van der Waals surface area (Å²) in [7, 11) is 0. The van der Waals surface area contributed by atoms with Gasteiger partial charge in [-0.15, -0.1) is 0 Å². The number of aliphatic carboxylic acids is 1. The van der Waals surface area contributed by atoms with Gasteiger partial charge in [-0.25, -0.2) is 4.98 Å². The Kier molecular flexibility index (Phi) is 4.76. The van der Waals surface area contributed by atoms with Gasteiger partial charge in [0.15, 0.2) is 0 Å². The van der Waals surface area contributed by atoms with Crippen molar-refractivity contribution in [3.8, 4) is 0 Å². The van der Waals surface area contributed by atoms with E-state index in [2.05, 4.69) is 14.5 Å². The van der Waals surface area contributed by atoms with Crippen LogP contribution in [-0.4, -0.2) is 33.7 Å². The van der Waals surface area contributed by atoms with Crippen molar-refractivity contribution >= 4 is 11.7 Å². The van der Waals surface area contributed by atoms with Crippen molar-refractivity contribution in [3.05, 3.63) is 48.5 Å². The van der Waals surface area contributed by atoms with E-state index in [4.69, 9.17) is 5.11 Å². The summed E-state index contributed by atoms with van der Waals surface area (Å²) in [6.07, 6.45) is 3.85. The molecule has 0 fully saturated rings. The average Bonchev–Trinajstić information content (AvgIpc) is 2.85. The number of carboxylic acid groups (broad SMARTS) is 1. The first-order chi connectivity index (χ1) is 9.66. The zero-order chi connectivity index (χ0) is 14.4. The molecule has 0 saturated heterocycles. The standard InChI is InChI=1S/C15H19N3O2/c1-13-16-8-10-17(13)11-12-18(9-7-15(19)20)14-5-3-2-4-6-14/h2-6,8,10H,7,9,11-12H2,1H3,(H,19,20). The summed E-state index contributed by atoms with van der Waals surface area (Å²) in [5, 5.41) is 8.86. The smallest absolute Gasteiger partial charge is 0.305 e. The van der Waals surface area contributed by atoms with Gasteiger partial charge in [-0.3, -0.25) is 4.79 Å². The molecule has 0 amide bonds. The molecule has 0 spiro atoms. The number of carbonyl (C=O) groups is 1. The van der Waals surface area contributed by atoms with Crippen LogP contribution in [0, 0.1) is 6.92 Å². The van der Waals surface area contributed by atoms with E-state index in [-0.39, 0.29) is 6.42 Å². The Morgan fingerprint density at radius 2 is 2.05 bits per heavy atom. The van der Waals surface area contributed by atoms with Gasteiger partial charge in [-0.2, -0.15) is 0 Å². The van der Waals surface area contributed by atoms with Gasteiger partial charge in [0.05, 0.1) is 6.42 Å². The topological polar surface area (TPSA) is 58.4 Å². The van der Waals surface area contributed by atoms with Crippen LogP contribution in [0.25, 0.3) is 0 Å². The molecule has 2 aromatic rings. The summed E-state index contributed by atoms with van der Waals surface area (Å²) in [5.41, 5.74) is 1.05. The monoisotopic (exact) mass is 273 g/mol. The first-order valence-corrected chi connectivity index (χ1v) is 6.66. The van der Waals surface area contributed by atoms with E-state index in [1.54, 1.807) is 6.20 Å². The number of hydrogen-bond donors (Lipinski definition) is 1. The van der Waals surface area contributed by atoms with Crippen LogP contribution in [0.4, 0.5) is 5.69 Å². The van der Waals surface area contributed by atoms with Crippen molar-refractivity contribution in [1.82, 2.24) is 9.55 Å². The molecule has 20 heavy (non-hydrogen) atoms. The molecular weight excluding hydrogens is 254 g/mol. The minimum atomic E-state index is -0.773. The lowest BCUT2D eigenvalue weighted by atomic mass is 10.2. The number of imidazole rings is 1. The largest absolute Gasteiger partial charge is 0.481 e. The third-order valence-electron chi connectivity index (χ3n) is 3.25. The summed E-state index contributed by atoms with van der Waals surface area (Å²) in [6.45, 7) is 4.02. The van der Waals surface area contributed by atoms with Gasteiger partial charge in [-0.05, 0) is 19.1 Å². The maximum absolute atomic E-state index is 10.8. The summed E-state index contributed by atoms with van der Waals surface area (Å²) in [4.78, 5) is 17.1. The van der Waals surface area contributed by atoms with Crippen LogP contribution < -0.4 is 4.90 Å². The second-order valence-corrected chi connectivity index (χ2v) is 4.63. The molecule has 0 bridgehead atoms. The molecule has 0 aliphatic rings. The van der Waals surface area contributed by atoms with Crippen LogP contribution in [0.5, 0.6) is 0 Å². The molecule has 0 atom stereocenters. The van der Waals surface area contributed by atoms with Crippen molar-refractivity contribution in [2.75, 3.05) is 18.0 Å². The second-order valence-electron chi connectivity index (χ2n) is 4.63. The molecule has 0 unspecified atom stereocenters. The van der Waals surface area contributed by atoms with Gasteiger partial charge in [0.25, 0.3) is 0 Å². The van der Waals surface area contributed by atoms with Gasteiger partial charge in [0.2, 0.25) is 0 Å². The average molecular weight is 273 g/mol. The van der Waals surface area contributed by atoms with Crippen molar-refractivity contribution in [2.45, 2.75) is 19.9 Å². The van der Waals surface area contributed by atoms with E-state index in [9.17, 15) is 4.79 Å². The molecule has 5 nitrogen and oxygen atoms in total. The Balaban J connectivity index is 2.03. The molecule has 0 aliphatic carbocycles. The third kappa shape index (κ3) is 3.85. The van der Waals surface area contributed by atoms with E-state index in [1.807, 2.05) is 43.5 Å². The van der Waals surface area contributed by atoms with Crippen LogP contribution in [-0.2, 0) is 11.3 Å². The van der Waals surface area contributed by atoms with Crippen LogP contribution in [0.15, 0.2) is 42.7 Å². The van der Waals surface area contributed by atoms with Crippen molar-refractivity contribution in [2.24, 2.45) is 0 Å². The Hall–Kier alpha value is -2.30. The lowest BCUT2D eigenvalue weighted by Gasteiger charge is -2.24. The fraction of sp³-hybridized carbons (Fsp3) is 0.333. The van der Waals surface area contributed by atoms with Crippen LogP contribution in [0.1, 0.15) is 12.2 Å². The van der Waals surface area contributed by atoms with Crippen molar-refractivity contribution < 1.29 is 9.90 Å². The molecular formula is C15H19N3O2. The molecule has 0 saturated carbocycles. The Morgan fingerprint density at radius 1 is 1.30 bits per heavy atom. The van der Waals surface area contributed by atoms with Crippen LogP contribution in [0.2, 0.25) is 0 Å². The highest BCUT2D eigenvalue weighted by Gasteiger charge is 2.09. The van der Waals surface area contributed by atoms with Crippen LogP contribution >= 0.6 is 0 Å². The first-order valence-electron chi connectivity index (χ1n) is 6.66. The van der Waals surface area contributed by atoms with E-state index in [0.29, 0.717) is 6.54 Å². The van der Waals surface area contributed by atoms with E-state index >= 15 is 0 Å². The number of nitrogens with zero attached hydrogens (tertiary/aromatic N) is 3. The second kappa shape index (κ2) is 6.75. The lowest BCUT2D eigenvalue weighted by Crippen LogP contribution is -2.29. The summed E-state index contributed by atoms with van der Waals surface area (Å²) in [5.74, 6) is 0.195. The van der Waals surface area contributed by atoms with Gasteiger partial charge in [0, 0.05) is 37.7 Å². The molecule has 1 heterocycles. The zero-order valence-electron chi connectivity index (χ0n) is 11.6. The SMILES string of the molecule is Cc1nccn1CCN(CCC(=O)O)c1ccccc1. The van der Waals surface area contributed by atoms with E-state index in [0.717, 1.165) is 24.6 Å². The zero-order valence-corrected chi connectivity index (χ0v) is 11.6. The summed E-state index contributed by atoms with van der Waals surface area (Å²) < 4.78 is 2.07. The number of carboxylic acids is 1.